The van der Waals surface area contributed by atoms with Crippen molar-refractivity contribution >= 4 is 10.9 Å². The zero-order valence-corrected chi connectivity index (χ0v) is 19.1. The maximum Gasteiger partial charge on any atom is 0.211 e. The number of halogens is 1. The summed E-state index contributed by atoms with van der Waals surface area (Å²) in [7, 11) is 0. The normalized spacial score (nSPS) is 16.5. The topological polar surface area (TPSA) is 94.8 Å². The van der Waals surface area contributed by atoms with E-state index in [4.69, 9.17) is 19.2 Å². The Kier molecular flexibility index (Phi) is 7.12. The number of fused-ring (bicyclic) bond motifs is 1. The average molecular weight is 480 g/mol. The SMILES string of the molecule is Oc1ccc(-n2cc(-c3ccc4ccc(OCCOCCN5CCOC(F)C5)cc4n3)nn2)cc1. The van der Waals surface area contributed by atoms with E-state index in [1.54, 1.807) is 35.1 Å². The number of morpholine rings is 1. The van der Waals surface area contributed by atoms with Gasteiger partial charge in [0.2, 0.25) is 6.36 Å². The third-order valence-corrected chi connectivity index (χ3v) is 5.69. The molecule has 0 radical (unpaired) electrons. The van der Waals surface area contributed by atoms with E-state index >= 15 is 0 Å². The molecule has 1 unspecified atom stereocenters. The first-order valence-corrected chi connectivity index (χ1v) is 11.5. The van der Waals surface area contributed by atoms with Crippen LogP contribution < -0.4 is 4.74 Å². The van der Waals surface area contributed by atoms with Gasteiger partial charge in [0, 0.05) is 24.5 Å². The highest BCUT2D eigenvalue weighted by molar-refractivity contribution is 5.82. The first-order valence-electron chi connectivity index (χ1n) is 11.5. The molecule has 2 aromatic heterocycles. The summed E-state index contributed by atoms with van der Waals surface area (Å²) >= 11 is 0. The van der Waals surface area contributed by atoms with Crippen LogP contribution in [-0.4, -0.2) is 82.4 Å². The standard InChI is InChI=1S/C25H26FN5O4/c26-25-17-30(10-12-35-25)9-11-33-13-14-34-21-7-1-18-2-8-22(27-23(18)15-21)24-16-31(29-28-24)19-3-5-20(32)6-4-19/h1-8,15-16,25,32H,9-14,17H2. The number of nitrogens with zero attached hydrogens (tertiary/aromatic N) is 5. The van der Waals surface area contributed by atoms with Crippen molar-refractivity contribution in [1.29, 1.82) is 0 Å². The number of rotatable bonds is 9. The Morgan fingerprint density at radius 3 is 2.74 bits per heavy atom. The number of phenolic OH excluding ortho intramolecular Hbond substituents is 1. The van der Waals surface area contributed by atoms with Crippen molar-refractivity contribution in [2.45, 2.75) is 6.36 Å². The van der Waals surface area contributed by atoms with E-state index in [0.717, 1.165) is 23.1 Å². The molecule has 1 aliphatic rings. The van der Waals surface area contributed by atoms with Crippen LogP contribution in [0.5, 0.6) is 11.5 Å². The van der Waals surface area contributed by atoms with E-state index in [1.807, 2.05) is 35.2 Å². The van der Waals surface area contributed by atoms with Crippen molar-refractivity contribution in [3.63, 3.8) is 0 Å². The van der Waals surface area contributed by atoms with Gasteiger partial charge in [-0.3, -0.25) is 4.90 Å². The second kappa shape index (κ2) is 10.8. The molecule has 0 amide bonds. The summed E-state index contributed by atoms with van der Waals surface area (Å²) in [5, 5.41) is 18.9. The minimum absolute atomic E-state index is 0.194. The van der Waals surface area contributed by atoms with Gasteiger partial charge in [-0.05, 0) is 42.5 Å². The zero-order chi connectivity index (χ0) is 24.0. The lowest BCUT2D eigenvalue weighted by molar-refractivity contribution is -0.102. The molecule has 35 heavy (non-hydrogen) atoms. The predicted octanol–water partition coefficient (Wildman–Crippen LogP) is 3.21. The Morgan fingerprint density at radius 2 is 1.89 bits per heavy atom. The van der Waals surface area contributed by atoms with Gasteiger partial charge in [0.15, 0.2) is 0 Å². The van der Waals surface area contributed by atoms with E-state index in [1.165, 1.54) is 0 Å². The molecule has 182 valence electrons. The average Bonchev–Trinajstić information content (AvgIpc) is 3.36. The molecular formula is C25H26FN5O4. The minimum Gasteiger partial charge on any atom is -0.508 e. The quantitative estimate of drug-likeness (QED) is 0.366. The van der Waals surface area contributed by atoms with Crippen LogP contribution in [0.1, 0.15) is 0 Å². The maximum atomic E-state index is 13.2. The molecule has 1 aliphatic heterocycles. The minimum atomic E-state index is -1.21. The summed E-state index contributed by atoms with van der Waals surface area (Å²) in [5.41, 5.74) is 2.91. The van der Waals surface area contributed by atoms with Crippen molar-refractivity contribution in [2.24, 2.45) is 0 Å². The van der Waals surface area contributed by atoms with Crippen LogP contribution in [0, 0.1) is 0 Å². The molecule has 1 saturated heterocycles. The fourth-order valence-electron chi connectivity index (χ4n) is 3.82. The largest absolute Gasteiger partial charge is 0.508 e. The molecule has 0 saturated carbocycles. The van der Waals surface area contributed by atoms with E-state index in [9.17, 15) is 9.50 Å². The number of aromatic nitrogens is 4. The van der Waals surface area contributed by atoms with Crippen LogP contribution in [-0.2, 0) is 9.47 Å². The summed E-state index contributed by atoms with van der Waals surface area (Å²) < 4.78 is 31.2. The number of hydrogen-bond acceptors (Lipinski definition) is 8. The molecule has 1 atom stereocenters. The number of alkyl halides is 1. The van der Waals surface area contributed by atoms with Crippen molar-refractivity contribution < 1.29 is 23.7 Å². The molecule has 9 nitrogen and oxygen atoms in total. The van der Waals surface area contributed by atoms with Crippen LogP contribution in [0.25, 0.3) is 28.0 Å². The van der Waals surface area contributed by atoms with Crippen molar-refractivity contribution in [2.75, 3.05) is 46.1 Å². The Labute approximate surface area is 201 Å². The van der Waals surface area contributed by atoms with Crippen LogP contribution in [0.15, 0.2) is 60.8 Å². The predicted molar refractivity (Wildman–Crippen MR) is 127 cm³/mol. The molecular weight excluding hydrogens is 453 g/mol. The number of ether oxygens (including phenoxy) is 3. The van der Waals surface area contributed by atoms with Gasteiger partial charge in [0.1, 0.15) is 23.8 Å². The van der Waals surface area contributed by atoms with Gasteiger partial charge in [-0.1, -0.05) is 11.3 Å². The van der Waals surface area contributed by atoms with Crippen molar-refractivity contribution in [3.8, 4) is 28.6 Å². The van der Waals surface area contributed by atoms with Gasteiger partial charge in [0.25, 0.3) is 0 Å². The third-order valence-electron chi connectivity index (χ3n) is 5.69. The number of pyridine rings is 1. The van der Waals surface area contributed by atoms with Gasteiger partial charge in [-0.15, -0.1) is 5.10 Å². The lowest BCUT2D eigenvalue weighted by atomic mass is 10.2. The molecule has 5 rings (SSSR count). The molecule has 1 N–H and O–H groups in total. The Hall–Kier alpha value is -3.60. The van der Waals surface area contributed by atoms with Gasteiger partial charge < -0.3 is 19.3 Å². The molecule has 2 aromatic carbocycles. The van der Waals surface area contributed by atoms with Crippen molar-refractivity contribution in [3.05, 3.63) is 60.8 Å². The van der Waals surface area contributed by atoms with E-state index in [-0.39, 0.29) is 5.75 Å². The van der Waals surface area contributed by atoms with Gasteiger partial charge in [-0.2, -0.15) is 0 Å². The van der Waals surface area contributed by atoms with Crippen LogP contribution in [0.4, 0.5) is 4.39 Å². The van der Waals surface area contributed by atoms with Gasteiger partial charge in [0.05, 0.1) is 49.5 Å². The van der Waals surface area contributed by atoms with Crippen LogP contribution in [0.3, 0.4) is 0 Å². The molecule has 10 heteroatoms. The Balaban J connectivity index is 1.16. The number of phenols is 1. The monoisotopic (exact) mass is 479 g/mol. The molecule has 0 aliphatic carbocycles. The summed E-state index contributed by atoms with van der Waals surface area (Å²) in [6.45, 7) is 3.46. The lowest BCUT2D eigenvalue weighted by Crippen LogP contribution is -2.42. The second-order valence-electron chi connectivity index (χ2n) is 8.16. The third kappa shape index (κ3) is 5.91. The summed E-state index contributed by atoms with van der Waals surface area (Å²) in [6.07, 6.45) is 0.587. The summed E-state index contributed by atoms with van der Waals surface area (Å²) in [4.78, 5) is 6.72. The highest BCUT2D eigenvalue weighted by Crippen LogP contribution is 2.24. The maximum absolute atomic E-state index is 13.2. The van der Waals surface area contributed by atoms with E-state index in [2.05, 4.69) is 10.3 Å². The molecule has 4 aromatic rings. The molecule has 0 spiro atoms. The van der Waals surface area contributed by atoms with E-state index in [0.29, 0.717) is 56.7 Å². The molecule has 3 heterocycles. The zero-order valence-electron chi connectivity index (χ0n) is 19.1. The molecule has 1 fully saturated rings. The van der Waals surface area contributed by atoms with Crippen molar-refractivity contribution in [1.82, 2.24) is 24.9 Å². The van der Waals surface area contributed by atoms with Crippen LogP contribution >= 0.6 is 0 Å². The fourth-order valence-corrected chi connectivity index (χ4v) is 3.82. The first kappa shape index (κ1) is 23.2. The van der Waals surface area contributed by atoms with Gasteiger partial charge in [-0.25, -0.2) is 14.1 Å². The first-order chi connectivity index (χ1) is 17.1. The second-order valence-corrected chi connectivity index (χ2v) is 8.16. The Morgan fingerprint density at radius 1 is 1.03 bits per heavy atom. The highest BCUT2D eigenvalue weighted by Gasteiger charge is 2.18. The number of aromatic hydroxyl groups is 1. The smallest absolute Gasteiger partial charge is 0.211 e. The fraction of sp³-hybridized carbons (Fsp3) is 0.320. The van der Waals surface area contributed by atoms with Gasteiger partial charge >= 0.3 is 0 Å². The van der Waals surface area contributed by atoms with E-state index < -0.39 is 6.36 Å². The summed E-state index contributed by atoms with van der Waals surface area (Å²) in [6, 6.07) is 16.4. The number of hydrogen-bond donors (Lipinski definition) is 1. The number of benzene rings is 2. The Bertz CT molecular complexity index is 1270. The lowest BCUT2D eigenvalue weighted by Gasteiger charge is -2.28. The molecule has 0 bridgehead atoms. The van der Waals surface area contributed by atoms with Crippen LogP contribution in [0.2, 0.25) is 0 Å². The summed E-state index contributed by atoms with van der Waals surface area (Å²) in [5.74, 6) is 0.895. The highest BCUT2D eigenvalue weighted by atomic mass is 19.1.